The zero-order chi connectivity index (χ0) is 14.6. The van der Waals surface area contributed by atoms with Crippen molar-refractivity contribution in [3.63, 3.8) is 0 Å². The average Bonchev–Trinajstić information content (AvgIpc) is 2.79. The third-order valence-electron chi connectivity index (χ3n) is 3.89. The minimum atomic E-state index is -2.83. The average molecular weight is 297 g/mol. The van der Waals surface area contributed by atoms with Gasteiger partial charge in [-0.2, -0.15) is 0 Å². The summed E-state index contributed by atoms with van der Waals surface area (Å²) in [4.78, 5) is 0. The fraction of sp³-hybridized carbons (Fsp3) is 0.600. The molecule has 5 heteroatoms. The van der Waals surface area contributed by atoms with Gasteiger partial charge in [-0.1, -0.05) is 19.1 Å². The maximum atomic E-state index is 11.7. The molecule has 0 saturated carbocycles. The van der Waals surface area contributed by atoms with Crippen molar-refractivity contribution in [3.8, 4) is 5.75 Å². The number of nitrogens with one attached hydrogen (secondary N) is 1. The standard InChI is InChI=1S/C15H23NO3S/c1-3-16-15(13-7-8-20(17,18)11-13)10-12-5-4-6-14(9-12)19-2/h4-6,9,13,15-16H,3,7-8,10-11H2,1-2H3. The topological polar surface area (TPSA) is 55.4 Å². The second-order valence-electron chi connectivity index (χ2n) is 5.38. The van der Waals surface area contributed by atoms with Gasteiger partial charge in [-0.25, -0.2) is 8.42 Å². The van der Waals surface area contributed by atoms with E-state index in [2.05, 4.69) is 18.3 Å². The summed E-state index contributed by atoms with van der Waals surface area (Å²) >= 11 is 0. The molecule has 1 aromatic carbocycles. The molecule has 2 rings (SSSR count). The molecule has 112 valence electrons. The molecule has 1 aliphatic rings. The lowest BCUT2D eigenvalue weighted by atomic mass is 9.93. The molecule has 1 fully saturated rings. The molecule has 0 amide bonds. The van der Waals surface area contributed by atoms with Crippen molar-refractivity contribution < 1.29 is 13.2 Å². The molecular weight excluding hydrogens is 274 g/mol. The summed E-state index contributed by atoms with van der Waals surface area (Å²) in [6, 6.07) is 8.20. The first-order chi connectivity index (χ1) is 9.54. The van der Waals surface area contributed by atoms with Crippen LogP contribution in [0.15, 0.2) is 24.3 Å². The quantitative estimate of drug-likeness (QED) is 0.867. The van der Waals surface area contributed by atoms with Crippen LogP contribution in [0.25, 0.3) is 0 Å². The maximum Gasteiger partial charge on any atom is 0.150 e. The highest BCUT2D eigenvalue weighted by Crippen LogP contribution is 2.25. The molecule has 2 atom stereocenters. The first-order valence-corrected chi connectivity index (χ1v) is 8.93. The number of sulfone groups is 1. The zero-order valence-electron chi connectivity index (χ0n) is 12.1. The highest BCUT2D eigenvalue weighted by molar-refractivity contribution is 7.91. The SMILES string of the molecule is CCNC(Cc1cccc(OC)c1)C1CCS(=O)(=O)C1. The van der Waals surface area contributed by atoms with Crippen molar-refractivity contribution in [1.29, 1.82) is 0 Å². The van der Waals surface area contributed by atoms with Crippen molar-refractivity contribution in [2.24, 2.45) is 5.92 Å². The lowest BCUT2D eigenvalue weighted by molar-refractivity contribution is 0.384. The van der Waals surface area contributed by atoms with Gasteiger partial charge < -0.3 is 10.1 Å². The van der Waals surface area contributed by atoms with Crippen LogP contribution >= 0.6 is 0 Å². The Balaban J connectivity index is 2.09. The molecular formula is C15H23NO3S. The van der Waals surface area contributed by atoms with Crippen molar-refractivity contribution in [1.82, 2.24) is 5.32 Å². The van der Waals surface area contributed by atoms with Gasteiger partial charge in [0.05, 0.1) is 18.6 Å². The molecule has 0 radical (unpaired) electrons. The van der Waals surface area contributed by atoms with Crippen LogP contribution in [-0.4, -0.2) is 39.6 Å². The lowest BCUT2D eigenvalue weighted by Gasteiger charge is -2.23. The van der Waals surface area contributed by atoms with Crippen LogP contribution in [0.4, 0.5) is 0 Å². The van der Waals surface area contributed by atoms with Crippen LogP contribution in [0, 0.1) is 5.92 Å². The largest absolute Gasteiger partial charge is 0.497 e. The number of hydrogen-bond donors (Lipinski definition) is 1. The predicted molar refractivity (Wildman–Crippen MR) is 80.9 cm³/mol. The summed E-state index contributed by atoms with van der Waals surface area (Å²) in [7, 11) is -1.17. The van der Waals surface area contributed by atoms with E-state index in [4.69, 9.17) is 4.74 Å². The molecule has 0 spiro atoms. The number of ether oxygens (including phenoxy) is 1. The van der Waals surface area contributed by atoms with E-state index in [1.54, 1.807) is 7.11 Å². The Labute approximate surface area is 121 Å². The summed E-state index contributed by atoms with van der Waals surface area (Å²) < 4.78 is 28.5. The van der Waals surface area contributed by atoms with Crippen LogP contribution in [0.2, 0.25) is 0 Å². The highest BCUT2D eigenvalue weighted by atomic mass is 32.2. The summed E-state index contributed by atoms with van der Waals surface area (Å²) in [6.45, 7) is 2.91. The molecule has 0 aliphatic carbocycles. The normalized spacial score (nSPS) is 22.6. The third-order valence-corrected chi connectivity index (χ3v) is 5.69. The molecule has 20 heavy (non-hydrogen) atoms. The Morgan fingerprint density at radius 2 is 2.25 bits per heavy atom. The molecule has 1 aromatic rings. The van der Waals surface area contributed by atoms with Crippen molar-refractivity contribution in [3.05, 3.63) is 29.8 Å². The minimum absolute atomic E-state index is 0.212. The van der Waals surface area contributed by atoms with Crippen LogP contribution < -0.4 is 10.1 Å². The van der Waals surface area contributed by atoms with E-state index in [-0.39, 0.29) is 12.0 Å². The summed E-state index contributed by atoms with van der Waals surface area (Å²) in [6.07, 6.45) is 1.61. The fourth-order valence-corrected chi connectivity index (χ4v) is 4.74. The first-order valence-electron chi connectivity index (χ1n) is 7.11. The van der Waals surface area contributed by atoms with Crippen LogP contribution in [0.5, 0.6) is 5.75 Å². The minimum Gasteiger partial charge on any atom is -0.497 e. The predicted octanol–water partition coefficient (Wildman–Crippen LogP) is 1.65. The molecule has 1 N–H and O–H groups in total. The van der Waals surface area contributed by atoms with Gasteiger partial charge in [0.15, 0.2) is 9.84 Å². The highest BCUT2D eigenvalue weighted by Gasteiger charge is 2.33. The van der Waals surface area contributed by atoms with Crippen molar-refractivity contribution >= 4 is 9.84 Å². The van der Waals surface area contributed by atoms with Gasteiger partial charge in [0, 0.05) is 6.04 Å². The number of hydrogen-bond acceptors (Lipinski definition) is 4. The molecule has 0 bridgehead atoms. The van der Waals surface area contributed by atoms with Crippen molar-refractivity contribution in [2.45, 2.75) is 25.8 Å². The molecule has 0 aromatic heterocycles. The van der Waals surface area contributed by atoms with E-state index in [1.165, 1.54) is 5.56 Å². The van der Waals surface area contributed by atoms with Gasteiger partial charge in [-0.15, -0.1) is 0 Å². The zero-order valence-corrected chi connectivity index (χ0v) is 12.9. The van der Waals surface area contributed by atoms with Crippen molar-refractivity contribution in [2.75, 3.05) is 25.2 Å². The summed E-state index contributed by atoms with van der Waals surface area (Å²) in [5.41, 5.74) is 1.18. The summed E-state index contributed by atoms with van der Waals surface area (Å²) in [5.74, 6) is 1.70. The van der Waals surface area contributed by atoms with E-state index >= 15 is 0 Å². The van der Waals surface area contributed by atoms with Crippen LogP contribution in [0.1, 0.15) is 18.9 Å². The van der Waals surface area contributed by atoms with Crippen LogP contribution in [0.3, 0.4) is 0 Å². The van der Waals surface area contributed by atoms with Crippen LogP contribution in [-0.2, 0) is 16.3 Å². The molecule has 1 aliphatic heterocycles. The lowest BCUT2D eigenvalue weighted by Crippen LogP contribution is -2.38. The summed E-state index contributed by atoms with van der Waals surface area (Å²) in [5, 5.41) is 3.44. The number of rotatable bonds is 6. The Morgan fingerprint density at radius 3 is 2.85 bits per heavy atom. The monoisotopic (exact) mass is 297 g/mol. The van der Waals surface area contributed by atoms with E-state index < -0.39 is 9.84 Å². The molecule has 1 saturated heterocycles. The smallest absolute Gasteiger partial charge is 0.150 e. The second-order valence-corrected chi connectivity index (χ2v) is 7.61. The van der Waals surface area contributed by atoms with Gasteiger partial charge >= 0.3 is 0 Å². The second kappa shape index (κ2) is 6.59. The Kier molecular flexibility index (Phi) is 5.05. The molecule has 1 heterocycles. The van der Waals surface area contributed by atoms with Gasteiger partial charge in [0.25, 0.3) is 0 Å². The van der Waals surface area contributed by atoms with Gasteiger partial charge in [0.2, 0.25) is 0 Å². The van der Waals surface area contributed by atoms with Gasteiger partial charge in [-0.05, 0) is 43.0 Å². The van der Waals surface area contributed by atoms with E-state index in [9.17, 15) is 8.42 Å². The fourth-order valence-electron chi connectivity index (χ4n) is 2.86. The van der Waals surface area contributed by atoms with Gasteiger partial charge in [0.1, 0.15) is 5.75 Å². The maximum absolute atomic E-state index is 11.7. The Hall–Kier alpha value is -1.07. The van der Waals surface area contributed by atoms with E-state index in [0.717, 1.165) is 25.1 Å². The van der Waals surface area contributed by atoms with Gasteiger partial charge in [-0.3, -0.25) is 0 Å². The molecule has 4 nitrogen and oxygen atoms in total. The number of methoxy groups -OCH3 is 1. The van der Waals surface area contributed by atoms with E-state index in [1.807, 2.05) is 18.2 Å². The van der Waals surface area contributed by atoms with E-state index in [0.29, 0.717) is 11.5 Å². The number of benzene rings is 1. The Bertz CT molecular complexity index is 542. The first kappa shape index (κ1) is 15.3. The number of likely N-dealkylation sites (N-methyl/N-ethyl adjacent to an activating group) is 1. The Morgan fingerprint density at radius 1 is 1.45 bits per heavy atom. The molecule has 2 unspecified atom stereocenters. The third kappa shape index (κ3) is 3.96.